The molecule has 1 fully saturated rings. The molecule has 0 bridgehead atoms. The third-order valence-electron chi connectivity index (χ3n) is 3.98. The van der Waals surface area contributed by atoms with Crippen LogP contribution >= 0.6 is 11.8 Å². The first-order valence-electron chi connectivity index (χ1n) is 7.77. The highest BCUT2D eigenvalue weighted by molar-refractivity contribution is 8.13. The van der Waals surface area contributed by atoms with Gasteiger partial charge in [0.1, 0.15) is 0 Å². The number of nitro groups is 1. The summed E-state index contributed by atoms with van der Waals surface area (Å²) in [5.74, 6) is 7.13. The number of thioether (sulfide) groups is 1. The van der Waals surface area contributed by atoms with Gasteiger partial charge in [0.25, 0.3) is 0 Å². The van der Waals surface area contributed by atoms with Crippen molar-refractivity contribution in [2.24, 2.45) is 16.0 Å². The standard InChI is InChI=1S/C13H22N6O4S/c1-3-6-24-13-15-11(10(19(21)22)12(16-13)23-2)18(14)9-5-4-8(7-9)17-20/h8-9,12H,3-7,14H2,1-2H3,(H,15,16)/t8-,9+,12?/m1/s1. The van der Waals surface area contributed by atoms with Crippen molar-refractivity contribution in [2.45, 2.75) is 50.9 Å². The van der Waals surface area contributed by atoms with Crippen LogP contribution in [0.4, 0.5) is 0 Å². The van der Waals surface area contributed by atoms with E-state index in [1.54, 1.807) is 0 Å². The molecule has 3 N–H and O–H groups in total. The Hall–Kier alpha value is -1.72. The van der Waals surface area contributed by atoms with Gasteiger partial charge in [-0.05, 0) is 25.7 Å². The molecule has 3 atom stereocenters. The normalized spacial score (nSPS) is 26.8. The lowest BCUT2D eigenvalue weighted by atomic mass is 10.2. The smallest absolute Gasteiger partial charge is 0.338 e. The summed E-state index contributed by atoms with van der Waals surface area (Å²) in [7, 11) is 1.37. The SMILES string of the molecule is CCCSC1=NC(OC)C([N+](=O)[O-])=C(N(N)[C@H]2CC[C@@H](N=O)C2)N1. The summed E-state index contributed by atoms with van der Waals surface area (Å²) in [5.41, 5.74) is -0.233. The van der Waals surface area contributed by atoms with E-state index in [2.05, 4.69) is 15.5 Å². The van der Waals surface area contributed by atoms with Gasteiger partial charge in [0.2, 0.25) is 12.0 Å². The number of ether oxygens (including phenoxy) is 1. The highest BCUT2D eigenvalue weighted by atomic mass is 32.2. The Morgan fingerprint density at radius 3 is 2.88 bits per heavy atom. The molecule has 1 aliphatic carbocycles. The van der Waals surface area contributed by atoms with Gasteiger partial charge in [-0.1, -0.05) is 23.9 Å². The molecule has 1 saturated carbocycles. The Morgan fingerprint density at radius 1 is 1.58 bits per heavy atom. The number of amidine groups is 1. The van der Waals surface area contributed by atoms with E-state index in [0.717, 1.165) is 12.2 Å². The van der Waals surface area contributed by atoms with E-state index < -0.39 is 11.2 Å². The van der Waals surface area contributed by atoms with Gasteiger partial charge in [0, 0.05) is 18.9 Å². The predicted molar refractivity (Wildman–Crippen MR) is 91.4 cm³/mol. The van der Waals surface area contributed by atoms with Crippen molar-refractivity contribution in [1.29, 1.82) is 0 Å². The molecule has 134 valence electrons. The van der Waals surface area contributed by atoms with Crippen LogP contribution in [0.15, 0.2) is 21.7 Å². The largest absolute Gasteiger partial charge is 0.350 e. The Balaban J connectivity index is 2.26. The highest BCUT2D eigenvalue weighted by Crippen LogP contribution is 2.29. The van der Waals surface area contributed by atoms with Crippen LogP contribution in [0.3, 0.4) is 0 Å². The molecule has 1 aliphatic heterocycles. The van der Waals surface area contributed by atoms with Gasteiger partial charge in [-0.3, -0.25) is 15.1 Å². The number of nitroso groups, excluding NO2 is 1. The van der Waals surface area contributed by atoms with Crippen molar-refractivity contribution in [2.75, 3.05) is 12.9 Å². The van der Waals surface area contributed by atoms with Crippen molar-refractivity contribution >= 4 is 16.9 Å². The molecule has 0 amide bonds. The summed E-state index contributed by atoms with van der Waals surface area (Å²) < 4.78 is 5.17. The number of hydrazine groups is 1. The summed E-state index contributed by atoms with van der Waals surface area (Å²) in [5, 5.41) is 19.4. The number of hydrogen-bond acceptors (Lipinski definition) is 10. The fraction of sp³-hybridized carbons (Fsp3) is 0.769. The van der Waals surface area contributed by atoms with Crippen LogP contribution in [0, 0.1) is 15.0 Å². The van der Waals surface area contributed by atoms with Crippen LogP contribution in [0.1, 0.15) is 32.6 Å². The number of methoxy groups -OCH3 is 1. The summed E-state index contributed by atoms with van der Waals surface area (Å²) in [6.07, 6.45) is 1.66. The van der Waals surface area contributed by atoms with Gasteiger partial charge < -0.3 is 10.1 Å². The topological polar surface area (TPSA) is 135 Å². The average molecular weight is 358 g/mol. The molecule has 0 saturated heterocycles. The number of nitrogens with one attached hydrogen (secondary N) is 1. The molecule has 0 aromatic heterocycles. The molecule has 11 heteroatoms. The molecule has 0 aromatic rings. The summed E-state index contributed by atoms with van der Waals surface area (Å²) in [6.45, 7) is 2.03. The molecule has 2 rings (SSSR count). The van der Waals surface area contributed by atoms with Crippen LogP contribution in [0.25, 0.3) is 0 Å². The van der Waals surface area contributed by atoms with Crippen molar-refractivity contribution in [3.05, 3.63) is 26.5 Å². The summed E-state index contributed by atoms with van der Waals surface area (Å²) >= 11 is 1.45. The first-order valence-corrected chi connectivity index (χ1v) is 8.75. The molecule has 1 unspecified atom stereocenters. The van der Waals surface area contributed by atoms with E-state index in [1.165, 1.54) is 23.9 Å². The number of nitrogens with two attached hydrogens (primary N) is 1. The lowest BCUT2D eigenvalue weighted by Crippen LogP contribution is -2.49. The first kappa shape index (κ1) is 18.6. The molecule has 2 aliphatic rings. The zero-order valence-corrected chi connectivity index (χ0v) is 14.5. The van der Waals surface area contributed by atoms with E-state index in [0.29, 0.717) is 24.4 Å². The minimum absolute atomic E-state index is 0.164. The van der Waals surface area contributed by atoms with E-state index >= 15 is 0 Å². The molecule has 0 spiro atoms. The minimum Gasteiger partial charge on any atom is -0.350 e. The number of aliphatic imine (C=N–C) groups is 1. The van der Waals surface area contributed by atoms with Crippen LogP contribution in [0.5, 0.6) is 0 Å². The number of rotatable bonds is 7. The van der Waals surface area contributed by atoms with Gasteiger partial charge in [0.15, 0.2) is 5.17 Å². The second kappa shape index (κ2) is 8.40. The van der Waals surface area contributed by atoms with Gasteiger partial charge in [-0.25, -0.2) is 10.8 Å². The van der Waals surface area contributed by atoms with Crippen molar-refractivity contribution in [1.82, 2.24) is 10.3 Å². The molecule has 24 heavy (non-hydrogen) atoms. The van der Waals surface area contributed by atoms with E-state index in [1.807, 2.05) is 6.92 Å². The maximum Gasteiger partial charge on any atom is 0.338 e. The Morgan fingerprint density at radius 2 is 2.33 bits per heavy atom. The number of nitrogens with zero attached hydrogens (tertiary/aromatic N) is 4. The third-order valence-corrected chi connectivity index (χ3v) is 5.07. The zero-order valence-electron chi connectivity index (χ0n) is 13.7. The second-order valence-electron chi connectivity index (χ2n) is 5.62. The van der Waals surface area contributed by atoms with Gasteiger partial charge in [0.05, 0.1) is 11.0 Å². The lowest BCUT2D eigenvalue weighted by molar-refractivity contribution is -0.439. The molecular weight excluding hydrogens is 336 g/mol. The average Bonchev–Trinajstić information content (AvgIpc) is 3.07. The summed E-state index contributed by atoms with van der Waals surface area (Å²) in [4.78, 5) is 25.9. The van der Waals surface area contributed by atoms with E-state index in [-0.39, 0.29) is 23.6 Å². The third kappa shape index (κ3) is 4.02. The lowest BCUT2D eigenvalue weighted by Gasteiger charge is -2.31. The van der Waals surface area contributed by atoms with Crippen molar-refractivity contribution < 1.29 is 9.66 Å². The van der Waals surface area contributed by atoms with Crippen molar-refractivity contribution in [3.8, 4) is 0 Å². The first-order chi connectivity index (χ1) is 11.5. The van der Waals surface area contributed by atoms with Crippen LogP contribution in [0.2, 0.25) is 0 Å². The number of hydrogen-bond donors (Lipinski definition) is 2. The zero-order chi connectivity index (χ0) is 17.7. The Labute approximate surface area is 144 Å². The maximum absolute atomic E-state index is 11.5. The van der Waals surface area contributed by atoms with E-state index in [4.69, 9.17) is 10.6 Å². The van der Waals surface area contributed by atoms with Crippen LogP contribution in [-0.2, 0) is 4.74 Å². The molecule has 0 aromatic carbocycles. The molecule has 1 heterocycles. The fourth-order valence-electron chi connectivity index (χ4n) is 2.76. The van der Waals surface area contributed by atoms with Gasteiger partial charge in [-0.15, -0.1) is 0 Å². The van der Waals surface area contributed by atoms with Crippen LogP contribution in [-0.4, -0.2) is 46.3 Å². The fourth-order valence-corrected chi connectivity index (χ4v) is 3.49. The molecule has 0 radical (unpaired) electrons. The predicted octanol–water partition coefficient (Wildman–Crippen LogP) is 1.37. The Kier molecular flexibility index (Phi) is 6.52. The minimum atomic E-state index is -1.02. The highest BCUT2D eigenvalue weighted by Gasteiger charge is 2.40. The van der Waals surface area contributed by atoms with Gasteiger partial charge >= 0.3 is 5.70 Å². The molecule has 10 nitrogen and oxygen atoms in total. The quantitative estimate of drug-likeness (QED) is 0.301. The maximum atomic E-state index is 11.5. The second-order valence-corrected chi connectivity index (χ2v) is 6.70. The van der Waals surface area contributed by atoms with E-state index in [9.17, 15) is 15.0 Å². The van der Waals surface area contributed by atoms with Crippen LogP contribution < -0.4 is 11.2 Å². The van der Waals surface area contributed by atoms with Crippen molar-refractivity contribution in [3.63, 3.8) is 0 Å². The Bertz CT molecular complexity index is 555. The monoisotopic (exact) mass is 358 g/mol. The summed E-state index contributed by atoms with van der Waals surface area (Å²) in [6, 6.07) is -0.497. The van der Waals surface area contributed by atoms with Gasteiger partial charge in [-0.2, -0.15) is 4.91 Å². The molecular formula is C13H22N6O4S.